The largest absolute Gasteiger partial charge is 0.480 e. The van der Waals surface area contributed by atoms with Crippen LogP contribution in [0.2, 0.25) is 0 Å². The van der Waals surface area contributed by atoms with Crippen LogP contribution in [0.4, 0.5) is 8.78 Å². The molecule has 1 saturated heterocycles. The lowest BCUT2D eigenvalue weighted by Crippen LogP contribution is -2.47. The molecule has 1 aromatic rings. The van der Waals surface area contributed by atoms with Crippen molar-refractivity contribution in [1.29, 1.82) is 0 Å². The molecule has 0 bridgehead atoms. The molecule has 0 radical (unpaired) electrons. The van der Waals surface area contributed by atoms with Crippen LogP contribution in [-0.4, -0.2) is 54.4 Å². The average molecular weight is 361 g/mol. The average Bonchev–Trinajstić information content (AvgIpc) is 2.92. The quantitative estimate of drug-likeness (QED) is 0.870. The number of carboxylic acid groups (broad SMARTS) is 1. The van der Waals surface area contributed by atoms with Crippen molar-refractivity contribution < 1.29 is 31.9 Å². The van der Waals surface area contributed by atoms with E-state index in [1.807, 2.05) is 0 Å². The zero-order valence-corrected chi connectivity index (χ0v) is 13.9. The second-order valence-electron chi connectivity index (χ2n) is 5.94. The summed E-state index contributed by atoms with van der Waals surface area (Å²) in [4.78, 5) is 24.0. The summed E-state index contributed by atoms with van der Waals surface area (Å²) in [5.41, 5.74) is 0.161. The Labute approximate surface area is 138 Å². The van der Waals surface area contributed by atoms with Crippen LogP contribution in [0.3, 0.4) is 0 Å². The molecule has 2 atom stereocenters. The van der Waals surface area contributed by atoms with E-state index in [1.54, 1.807) is 6.92 Å². The molecule has 132 valence electrons. The molecule has 2 rings (SSSR count). The van der Waals surface area contributed by atoms with E-state index < -0.39 is 57.5 Å². The molecule has 0 unspecified atom stereocenters. The van der Waals surface area contributed by atoms with Gasteiger partial charge in [0.05, 0.1) is 5.25 Å². The third-order valence-corrected chi connectivity index (χ3v) is 5.65. The number of hydrogen-bond acceptors (Lipinski definition) is 4. The summed E-state index contributed by atoms with van der Waals surface area (Å²) in [6.45, 7) is 1.14. The van der Waals surface area contributed by atoms with Crippen LogP contribution in [0.1, 0.15) is 17.5 Å². The monoisotopic (exact) mass is 361 g/mol. The summed E-state index contributed by atoms with van der Waals surface area (Å²) >= 11 is 0. The number of rotatable bonds is 4. The van der Waals surface area contributed by atoms with Crippen molar-refractivity contribution in [2.24, 2.45) is 0 Å². The first kappa shape index (κ1) is 18.3. The molecule has 9 heteroatoms. The van der Waals surface area contributed by atoms with E-state index in [4.69, 9.17) is 5.11 Å². The van der Waals surface area contributed by atoms with E-state index in [2.05, 4.69) is 0 Å². The summed E-state index contributed by atoms with van der Waals surface area (Å²) in [6, 6.07) is 3.41. The van der Waals surface area contributed by atoms with Crippen molar-refractivity contribution in [2.45, 2.75) is 30.6 Å². The van der Waals surface area contributed by atoms with Crippen LogP contribution < -0.4 is 0 Å². The zero-order chi connectivity index (χ0) is 18.3. The maximum Gasteiger partial charge on any atom is 0.349 e. The van der Waals surface area contributed by atoms with Gasteiger partial charge in [-0.2, -0.15) is 8.78 Å². The van der Waals surface area contributed by atoms with Gasteiger partial charge in [0.1, 0.15) is 6.04 Å². The fourth-order valence-corrected chi connectivity index (χ4v) is 3.60. The number of alkyl halides is 2. The Kier molecular flexibility index (Phi) is 4.67. The van der Waals surface area contributed by atoms with Gasteiger partial charge in [-0.25, -0.2) is 13.2 Å². The minimum atomic E-state index is -3.94. The summed E-state index contributed by atoms with van der Waals surface area (Å²) in [5, 5.41) is 7.99. The Hall–Kier alpha value is -2.03. The molecule has 6 nitrogen and oxygen atoms in total. The molecule has 1 heterocycles. The number of amides is 1. The first-order valence-corrected chi connectivity index (χ1v) is 9.07. The highest BCUT2D eigenvalue weighted by Gasteiger charge is 2.52. The van der Waals surface area contributed by atoms with Crippen LogP contribution in [0.15, 0.2) is 24.3 Å². The molecule has 0 aromatic heterocycles. The van der Waals surface area contributed by atoms with Gasteiger partial charge < -0.3 is 10.0 Å². The molecule has 0 spiro atoms. The number of carboxylic acids is 1. The molecule has 0 aliphatic carbocycles. The molecule has 0 saturated carbocycles. The lowest BCUT2D eigenvalue weighted by Gasteiger charge is -2.26. The van der Waals surface area contributed by atoms with Gasteiger partial charge in [-0.15, -0.1) is 0 Å². The van der Waals surface area contributed by atoms with Crippen LogP contribution in [0, 0.1) is 6.92 Å². The molecule has 24 heavy (non-hydrogen) atoms. The Morgan fingerprint density at radius 2 is 1.79 bits per heavy atom. The maximum atomic E-state index is 14.5. The van der Waals surface area contributed by atoms with E-state index >= 15 is 0 Å². The number of halogens is 2. The standard InChI is InChI=1S/C15H17F2NO5S/c1-9-3-5-10(6-4-9)15(16,17)14(21)18-8-11(24(2,22)23)7-12(18)13(19)20/h3-6,11-12H,7-8H2,1-2H3,(H,19,20)/t11-,12+/m1/s1. The second-order valence-corrected chi connectivity index (χ2v) is 8.26. The SMILES string of the molecule is Cc1ccc(C(F)(F)C(=O)N2C[C@H](S(C)(=O)=O)C[C@H]2C(=O)O)cc1. The molecular weight excluding hydrogens is 344 g/mol. The van der Waals surface area contributed by atoms with Crippen molar-refractivity contribution in [1.82, 2.24) is 4.90 Å². The third kappa shape index (κ3) is 3.40. The van der Waals surface area contributed by atoms with Crippen molar-refractivity contribution >= 4 is 21.7 Å². The number of aliphatic carboxylic acids is 1. The van der Waals surface area contributed by atoms with Crippen molar-refractivity contribution in [3.8, 4) is 0 Å². The Morgan fingerprint density at radius 3 is 2.25 bits per heavy atom. The fourth-order valence-electron chi connectivity index (χ4n) is 2.63. The Morgan fingerprint density at radius 1 is 1.25 bits per heavy atom. The number of benzene rings is 1. The second kappa shape index (κ2) is 6.12. The summed E-state index contributed by atoms with van der Waals surface area (Å²) < 4.78 is 52.1. The van der Waals surface area contributed by atoms with E-state index in [1.165, 1.54) is 12.1 Å². The van der Waals surface area contributed by atoms with Crippen LogP contribution >= 0.6 is 0 Å². The van der Waals surface area contributed by atoms with E-state index in [-0.39, 0.29) is 0 Å². The summed E-state index contributed by atoms with van der Waals surface area (Å²) in [7, 11) is -3.65. The molecule has 1 aromatic carbocycles. The highest BCUT2D eigenvalue weighted by atomic mass is 32.2. The Balaban J connectivity index is 2.35. The minimum Gasteiger partial charge on any atom is -0.480 e. The maximum absolute atomic E-state index is 14.5. The van der Waals surface area contributed by atoms with Gasteiger partial charge in [0.25, 0.3) is 5.91 Å². The van der Waals surface area contributed by atoms with Gasteiger partial charge in [-0.3, -0.25) is 4.79 Å². The highest BCUT2D eigenvalue weighted by Crippen LogP contribution is 2.34. The zero-order valence-electron chi connectivity index (χ0n) is 13.1. The van der Waals surface area contributed by atoms with Crippen molar-refractivity contribution in [3.05, 3.63) is 35.4 Å². The predicted octanol–water partition coefficient (Wildman–Crippen LogP) is 1.19. The molecule has 1 amide bonds. The van der Waals surface area contributed by atoms with Crippen LogP contribution in [0.25, 0.3) is 0 Å². The summed E-state index contributed by atoms with van der Waals surface area (Å²) in [6.07, 6.45) is 0.493. The minimum absolute atomic E-state index is 0.399. The number of aryl methyl sites for hydroxylation is 1. The fraction of sp³-hybridized carbons (Fsp3) is 0.467. The van der Waals surface area contributed by atoms with Crippen molar-refractivity contribution in [2.75, 3.05) is 12.8 Å². The Bertz CT molecular complexity index is 761. The molecule has 1 fully saturated rings. The normalized spacial score (nSPS) is 21.8. The molecular formula is C15H17F2NO5S. The van der Waals surface area contributed by atoms with E-state index in [9.17, 15) is 26.8 Å². The number of carbonyl (C=O) groups excluding carboxylic acids is 1. The molecule has 1 aliphatic heterocycles. The summed E-state index contributed by atoms with van der Waals surface area (Å²) in [5.74, 6) is -7.15. The van der Waals surface area contributed by atoms with Gasteiger partial charge in [-0.1, -0.05) is 29.8 Å². The van der Waals surface area contributed by atoms with E-state index in [0.29, 0.717) is 4.90 Å². The van der Waals surface area contributed by atoms with Crippen molar-refractivity contribution in [3.63, 3.8) is 0 Å². The van der Waals surface area contributed by atoms with Crippen LogP contribution in [0.5, 0.6) is 0 Å². The topological polar surface area (TPSA) is 91.8 Å². The number of sulfone groups is 1. The lowest BCUT2D eigenvalue weighted by molar-refractivity contribution is -0.164. The number of likely N-dealkylation sites (tertiary alicyclic amines) is 1. The van der Waals surface area contributed by atoms with E-state index in [0.717, 1.165) is 24.0 Å². The van der Waals surface area contributed by atoms with Gasteiger partial charge in [-0.05, 0) is 13.3 Å². The molecule has 1 aliphatic rings. The number of nitrogens with zero attached hydrogens (tertiary/aromatic N) is 1. The third-order valence-electron chi connectivity index (χ3n) is 4.10. The smallest absolute Gasteiger partial charge is 0.349 e. The highest BCUT2D eigenvalue weighted by molar-refractivity contribution is 7.91. The molecule has 1 N–H and O–H groups in total. The number of hydrogen-bond donors (Lipinski definition) is 1. The van der Waals surface area contributed by atoms with Crippen LogP contribution in [-0.2, 0) is 25.3 Å². The lowest BCUT2D eigenvalue weighted by atomic mass is 10.0. The first-order valence-electron chi connectivity index (χ1n) is 7.12. The first-order chi connectivity index (χ1) is 10.9. The number of carbonyl (C=O) groups is 2. The predicted molar refractivity (Wildman–Crippen MR) is 81.5 cm³/mol. The van der Waals surface area contributed by atoms with Gasteiger partial charge in [0.15, 0.2) is 9.84 Å². The van der Waals surface area contributed by atoms with Gasteiger partial charge in [0.2, 0.25) is 0 Å². The van der Waals surface area contributed by atoms with Gasteiger partial charge >= 0.3 is 11.9 Å². The van der Waals surface area contributed by atoms with Gasteiger partial charge in [0, 0.05) is 18.4 Å².